The van der Waals surface area contributed by atoms with Gasteiger partial charge in [0.05, 0.1) is 6.07 Å². The Hall–Kier alpha value is -1.60. The molecule has 0 spiro atoms. The first kappa shape index (κ1) is 13.8. The SMILES string of the molecule is CN(CCC(C)(C#N)NC1CC1)c1cccc(F)c1. The van der Waals surface area contributed by atoms with E-state index in [2.05, 4.69) is 11.4 Å². The standard InChI is InChI=1S/C15H20FN3/c1-15(11-17,18-13-6-7-13)8-9-19(2)14-5-3-4-12(16)10-14/h3-5,10,13,18H,6-9H2,1-2H3. The van der Waals surface area contributed by atoms with Crippen LogP contribution in [-0.2, 0) is 0 Å². The summed E-state index contributed by atoms with van der Waals surface area (Å²) in [5, 5.41) is 12.7. The normalized spacial score (nSPS) is 17.6. The van der Waals surface area contributed by atoms with E-state index in [4.69, 9.17) is 0 Å². The topological polar surface area (TPSA) is 39.1 Å². The van der Waals surface area contributed by atoms with Crippen LogP contribution in [0.4, 0.5) is 10.1 Å². The highest BCUT2D eigenvalue weighted by Gasteiger charge is 2.32. The van der Waals surface area contributed by atoms with E-state index in [-0.39, 0.29) is 5.82 Å². The van der Waals surface area contributed by atoms with E-state index in [1.54, 1.807) is 6.07 Å². The first-order valence-corrected chi connectivity index (χ1v) is 6.68. The van der Waals surface area contributed by atoms with Crippen LogP contribution in [0.5, 0.6) is 0 Å². The maximum atomic E-state index is 13.2. The van der Waals surface area contributed by atoms with Crippen LogP contribution < -0.4 is 10.2 Å². The van der Waals surface area contributed by atoms with Crippen molar-refractivity contribution in [1.29, 1.82) is 5.26 Å². The summed E-state index contributed by atoms with van der Waals surface area (Å²) in [6.45, 7) is 2.65. The zero-order valence-corrected chi connectivity index (χ0v) is 11.5. The van der Waals surface area contributed by atoms with Crippen molar-refractivity contribution in [2.45, 2.75) is 37.8 Å². The highest BCUT2D eigenvalue weighted by Crippen LogP contribution is 2.24. The molecule has 1 aliphatic rings. The van der Waals surface area contributed by atoms with E-state index >= 15 is 0 Å². The molecule has 1 aliphatic carbocycles. The number of nitriles is 1. The summed E-state index contributed by atoms with van der Waals surface area (Å²) in [4.78, 5) is 1.98. The third-order valence-corrected chi connectivity index (χ3v) is 3.54. The van der Waals surface area contributed by atoms with Crippen molar-refractivity contribution < 1.29 is 4.39 Å². The van der Waals surface area contributed by atoms with Crippen LogP contribution in [0.3, 0.4) is 0 Å². The van der Waals surface area contributed by atoms with Gasteiger partial charge >= 0.3 is 0 Å². The van der Waals surface area contributed by atoms with Gasteiger partial charge in [0, 0.05) is 25.3 Å². The second-order valence-corrected chi connectivity index (χ2v) is 5.51. The lowest BCUT2D eigenvalue weighted by Crippen LogP contribution is -2.44. The summed E-state index contributed by atoms with van der Waals surface area (Å²) in [6.07, 6.45) is 3.04. The van der Waals surface area contributed by atoms with Gasteiger partial charge in [0.1, 0.15) is 11.4 Å². The van der Waals surface area contributed by atoms with E-state index in [0.717, 1.165) is 18.5 Å². The molecule has 19 heavy (non-hydrogen) atoms. The molecule has 0 aliphatic heterocycles. The lowest BCUT2D eigenvalue weighted by Gasteiger charge is -2.27. The first-order valence-electron chi connectivity index (χ1n) is 6.68. The molecule has 1 N–H and O–H groups in total. The van der Waals surface area contributed by atoms with E-state index in [9.17, 15) is 9.65 Å². The minimum atomic E-state index is -0.497. The molecule has 1 aromatic carbocycles. The number of rotatable bonds is 6. The molecule has 1 atom stereocenters. The van der Waals surface area contributed by atoms with E-state index in [1.165, 1.54) is 12.1 Å². The Morgan fingerprint density at radius 2 is 2.26 bits per heavy atom. The van der Waals surface area contributed by atoms with Crippen LogP contribution in [0.1, 0.15) is 26.2 Å². The third kappa shape index (κ3) is 3.93. The van der Waals surface area contributed by atoms with Crippen LogP contribution in [-0.4, -0.2) is 25.2 Å². The second-order valence-electron chi connectivity index (χ2n) is 5.51. The maximum Gasteiger partial charge on any atom is 0.125 e. The molecule has 1 fully saturated rings. The Labute approximate surface area is 114 Å². The number of hydrogen-bond acceptors (Lipinski definition) is 3. The van der Waals surface area contributed by atoms with Gasteiger partial charge in [-0.2, -0.15) is 5.26 Å². The molecule has 1 unspecified atom stereocenters. The van der Waals surface area contributed by atoms with Crippen LogP contribution in [0, 0.1) is 17.1 Å². The van der Waals surface area contributed by atoms with Crippen LogP contribution in [0.25, 0.3) is 0 Å². The fourth-order valence-electron chi connectivity index (χ4n) is 2.07. The molecule has 0 bridgehead atoms. The molecule has 0 aromatic heterocycles. The smallest absolute Gasteiger partial charge is 0.125 e. The van der Waals surface area contributed by atoms with Gasteiger partial charge in [-0.15, -0.1) is 0 Å². The van der Waals surface area contributed by atoms with Gasteiger partial charge < -0.3 is 4.90 Å². The van der Waals surface area contributed by atoms with Crippen molar-refractivity contribution in [2.24, 2.45) is 0 Å². The van der Waals surface area contributed by atoms with Crippen LogP contribution in [0.15, 0.2) is 24.3 Å². The summed E-state index contributed by atoms with van der Waals surface area (Å²) in [5.41, 5.74) is 0.342. The summed E-state index contributed by atoms with van der Waals surface area (Å²) in [6, 6.07) is 9.39. The number of anilines is 1. The molecule has 0 saturated heterocycles. The summed E-state index contributed by atoms with van der Waals surface area (Å²) < 4.78 is 13.2. The summed E-state index contributed by atoms with van der Waals surface area (Å²) in [5.74, 6) is -0.233. The zero-order chi connectivity index (χ0) is 13.9. The molecular weight excluding hydrogens is 241 g/mol. The monoisotopic (exact) mass is 261 g/mol. The Balaban J connectivity index is 1.91. The molecule has 1 aromatic rings. The lowest BCUT2D eigenvalue weighted by molar-refractivity contribution is 0.417. The number of hydrogen-bond donors (Lipinski definition) is 1. The average Bonchev–Trinajstić information content (AvgIpc) is 3.20. The second kappa shape index (κ2) is 5.58. The molecular formula is C15H20FN3. The Bertz CT molecular complexity index is 479. The largest absolute Gasteiger partial charge is 0.374 e. The number of nitrogens with one attached hydrogen (secondary N) is 1. The minimum absolute atomic E-state index is 0.233. The van der Waals surface area contributed by atoms with Crippen molar-refractivity contribution in [3.05, 3.63) is 30.1 Å². The first-order chi connectivity index (χ1) is 9.02. The fraction of sp³-hybridized carbons (Fsp3) is 0.533. The molecule has 3 nitrogen and oxygen atoms in total. The average molecular weight is 261 g/mol. The minimum Gasteiger partial charge on any atom is -0.374 e. The lowest BCUT2D eigenvalue weighted by atomic mass is 9.99. The molecule has 102 valence electrons. The number of nitrogens with zero attached hydrogens (tertiary/aromatic N) is 2. The molecule has 1 saturated carbocycles. The van der Waals surface area contributed by atoms with Crippen LogP contribution in [0.2, 0.25) is 0 Å². The van der Waals surface area contributed by atoms with Crippen molar-refractivity contribution in [3.63, 3.8) is 0 Å². The van der Waals surface area contributed by atoms with Crippen molar-refractivity contribution in [1.82, 2.24) is 5.32 Å². The predicted molar refractivity (Wildman–Crippen MR) is 74.5 cm³/mol. The van der Waals surface area contributed by atoms with Gasteiger partial charge in [0.25, 0.3) is 0 Å². The van der Waals surface area contributed by atoms with E-state index < -0.39 is 5.54 Å². The number of halogens is 1. The maximum absolute atomic E-state index is 13.2. The Morgan fingerprint density at radius 1 is 1.53 bits per heavy atom. The van der Waals surface area contributed by atoms with Gasteiger partial charge in [-0.3, -0.25) is 5.32 Å². The number of benzene rings is 1. The molecule has 2 rings (SSSR count). The Morgan fingerprint density at radius 3 is 2.84 bits per heavy atom. The van der Waals surface area contributed by atoms with Crippen molar-refractivity contribution in [3.8, 4) is 6.07 Å². The molecule has 0 radical (unpaired) electrons. The van der Waals surface area contributed by atoms with Gasteiger partial charge in [-0.1, -0.05) is 6.07 Å². The molecule has 0 amide bonds. The van der Waals surface area contributed by atoms with Crippen molar-refractivity contribution in [2.75, 3.05) is 18.5 Å². The third-order valence-electron chi connectivity index (χ3n) is 3.54. The van der Waals surface area contributed by atoms with Crippen molar-refractivity contribution >= 4 is 5.69 Å². The van der Waals surface area contributed by atoms with Gasteiger partial charge in [-0.25, -0.2) is 4.39 Å². The van der Waals surface area contributed by atoms with Gasteiger partial charge in [0.15, 0.2) is 0 Å². The zero-order valence-electron chi connectivity index (χ0n) is 11.5. The quantitative estimate of drug-likeness (QED) is 0.855. The highest BCUT2D eigenvalue weighted by atomic mass is 19.1. The fourth-order valence-corrected chi connectivity index (χ4v) is 2.07. The summed E-state index contributed by atoms with van der Waals surface area (Å²) >= 11 is 0. The van der Waals surface area contributed by atoms with E-state index in [1.807, 2.05) is 24.9 Å². The molecule has 0 heterocycles. The predicted octanol–water partition coefficient (Wildman–Crippen LogP) is 2.69. The van der Waals surface area contributed by atoms with Gasteiger partial charge in [0.2, 0.25) is 0 Å². The summed E-state index contributed by atoms with van der Waals surface area (Å²) in [7, 11) is 1.92. The highest BCUT2D eigenvalue weighted by molar-refractivity contribution is 5.45. The van der Waals surface area contributed by atoms with Crippen LogP contribution >= 0.6 is 0 Å². The Kier molecular flexibility index (Phi) is 4.06. The van der Waals surface area contributed by atoms with E-state index in [0.29, 0.717) is 19.0 Å². The molecule has 4 heteroatoms. The van der Waals surface area contributed by atoms with Gasteiger partial charge in [-0.05, 0) is 44.4 Å².